The van der Waals surface area contributed by atoms with E-state index in [-0.39, 0.29) is 47.3 Å². The molecule has 0 bridgehead atoms. The standard InChI is InChI=1S/C24H21FN8O3/c25-17-14-27-23(32-7-6-28-29-32)21-20(17)16(13-26-21)22(35)24(36)30-8-10-31(11-9-30)33-18(12-19(33)34)15-4-2-1-3-5-15/h1-7,13-14,18,26H,8-12H2. The van der Waals surface area contributed by atoms with Crippen LogP contribution in [0.4, 0.5) is 4.39 Å². The van der Waals surface area contributed by atoms with Crippen molar-refractivity contribution in [2.75, 3.05) is 26.2 Å². The van der Waals surface area contributed by atoms with Gasteiger partial charge in [0.1, 0.15) is 0 Å². The molecule has 1 aromatic carbocycles. The van der Waals surface area contributed by atoms with Crippen LogP contribution < -0.4 is 0 Å². The number of pyridine rings is 1. The average molecular weight is 488 g/mol. The smallest absolute Gasteiger partial charge is 0.295 e. The third-order valence-corrected chi connectivity index (χ3v) is 6.67. The number of hydrogen-bond donors (Lipinski definition) is 1. The number of H-pyrrole nitrogens is 1. The van der Waals surface area contributed by atoms with E-state index in [1.54, 1.807) is 5.01 Å². The lowest BCUT2D eigenvalue weighted by atomic mass is 9.96. The van der Waals surface area contributed by atoms with Gasteiger partial charge in [0, 0.05) is 32.4 Å². The highest BCUT2D eigenvalue weighted by atomic mass is 19.1. The lowest BCUT2D eigenvalue weighted by Crippen LogP contribution is -2.62. The molecule has 0 saturated carbocycles. The maximum Gasteiger partial charge on any atom is 0.295 e. The molecule has 12 heteroatoms. The number of aromatic nitrogens is 5. The van der Waals surface area contributed by atoms with Gasteiger partial charge in [0.2, 0.25) is 5.91 Å². The molecule has 2 aliphatic heterocycles. The second-order valence-corrected chi connectivity index (χ2v) is 8.67. The molecule has 2 aliphatic rings. The Bertz CT molecular complexity index is 1460. The Morgan fingerprint density at radius 1 is 1.08 bits per heavy atom. The normalized spacial score (nSPS) is 18.5. The van der Waals surface area contributed by atoms with Crippen molar-refractivity contribution in [3.05, 3.63) is 72.1 Å². The number of fused-ring (bicyclic) bond motifs is 1. The van der Waals surface area contributed by atoms with Crippen molar-refractivity contribution in [3.8, 4) is 5.82 Å². The third-order valence-electron chi connectivity index (χ3n) is 6.67. The summed E-state index contributed by atoms with van der Waals surface area (Å²) in [4.78, 5) is 46.9. The molecule has 3 aromatic heterocycles. The zero-order chi connectivity index (χ0) is 24.8. The van der Waals surface area contributed by atoms with Crippen LogP contribution in [0.15, 0.2) is 55.1 Å². The minimum absolute atomic E-state index is 0.0235. The molecule has 1 N–H and O–H groups in total. The number of benzene rings is 1. The van der Waals surface area contributed by atoms with Gasteiger partial charge < -0.3 is 9.88 Å². The summed E-state index contributed by atoms with van der Waals surface area (Å²) in [6.07, 6.45) is 5.73. The van der Waals surface area contributed by atoms with Crippen LogP contribution in [0, 0.1) is 5.82 Å². The van der Waals surface area contributed by atoms with Gasteiger partial charge in [-0.3, -0.25) is 19.4 Å². The van der Waals surface area contributed by atoms with Crippen LogP contribution in [0.3, 0.4) is 0 Å². The van der Waals surface area contributed by atoms with Crippen LogP contribution in [0.5, 0.6) is 0 Å². The molecule has 0 aliphatic carbocycles. The maximum absolute atomic E-state index is 14.7. The maximum atomic E-state index is 14.7. The second kappa shape index (κ2) is 8.64. The first-order valence-corrected chi connectivity index (χ1v) is 11.5. The number of hydrazine groups is 1. The number of nitrogens with one attached hydrogen (secondary N) is 1. The zero-order valence-electron chi connectivity index (χ0n) is 19.0. The number of amides is 2. The number of aromatic amines is 1. The number of carbonyl (C=O) groups is 3. The molecule has 5 heterocycles. The highest BCUT2D eigenvalue weighted by Crippen LogP contribution is 2.36. The first-order chi connectivity index (χ1) is 17.5. The lowest BCUT2D eigenvalue weighted by Gasteiger charge is -2.49. The summed E-state index contributed by atoms with van der Waals surface area (Å²) >= 11 is 0. The number of ketones is 1. The molecule has 182 valence electrons. The van der Waals surface area contributed by atoms with Crippen molar-refractivity contribution in [3.63, 3.8) is 0 Å². The van der Waals surface area contributed by atoms with E-state index >= 15 is 0 Å². The van der Waals surface area contributed by atoms with Crippen LogP contribution >= 0.6 is 0 Å². The zero-order valence-corrected chi connectivity index (χ0v) is 19.0. The molecule has 11 nitrogen and oxygen atoms in total. The monoisotopic (exact) mass is 488 g/mol. The molecule has 2 saturated heterocycles. The molecule has 2 fully saturated rings. The first-order valence-electron chi connectivity index (χ1n) is 11.5. The third kappa shape index (κ3) is 3.53. The quantitative estimate of drug-likeness (QED) is 0.257. The van der Waals surface area contributed by atoms with Crippen LogP contribution in [-0.2, 0) is 9.59 Å². The fraction of sp³-hybridized carbons (Fsp3) is 0.250. The molecule has 2 amide bonds. The summed E-state index contributed by atoms with van der Waals surface area (Å²) in [6.45, 7) is 1.37. The van der Waals surface area contributed by atoms with Crippen LogP contribution in [-0.4, -0.2) is 83.7 Å². The highest BCUT2D eigenvalue weighted by Gasteiger charge is 2.42. The Balaban J connectivity index is 1.18. The van der Waals surface area contributed by atoms with E-state index in [0.717, 1.165) is 11.8 Å². The van der Waals surface area contributed by atoms with Gasteiger partial charge in [0.15, 0.2) is 11.6 Å². The number of piperazine rings is 1. The van der Waals surface area contributed by atoms with Gasteiger partial charge in [-0.1, -0.05) is 35.5 Å². The van der Waals surface area contributed by atoms with E-state index in [4.69, 9.17) is 0 Å². The Morgan fingerprint density at radius 2 is 1.86 bits per heavy atom. The Kier molecular flexibility index (Phi) is 5.29. The van der Waals surface area contributed by atoms with Gasteiger partial charge in [-0.05, 0) is 5.56 Å². The fourth-order valence-electron chi connectivity index (χ4n) is 4.84. The van der Waals surface area contributed by atoms with Crippen molar-refractivity contribution in [2.45, 2.75) is 12.5 Å². The highest BCUT2D eigenvalue weighted by molar-refractivity contribution is 6.45. The average Bonchev–Trinajstić information content (AvgIpc) is 3.59. The summed E-state index contributed by atoms with van der Waals surface area (Å²) in [5.41, 5.74) is 1.23. The van der Waals surface area contributed by atoms with Crippen molar-refractivity contribution >= 4 is 28.5 Å². The number of rotatable bonds is 5. The Hall–Kier alpha value is -4.45. The summed E-state index contributed by atoms with van der Waals surface area (Å²) in [7, 11) is 0. The predicted molar refractivity (Wildman–Crippen MR) is 124 cm³/mol. The van der Waals surface area contributed by atoms with E-state index in [1.807, 2.05) is 35.3 Å². The van der Waals surface area contributed by atoms with Gasteiger partial charge in [-0.15, -0.1) is 5.10 Å². The number of carbonyl (C=O) groups excluding carboxylic acids is 3. The summed E-state index contributed by atoms with van der Waals surface area (Å²) in [6, 6.07) is 9.78. The van der Waals surface area contributed by atoms with Gasteiger partial charge in [0.25, 0.3) is 11.7 Å². The molecule has 0 radical (unpaired) electrons. The molecular formula is C24H21FN8O3. The van der Waals surface area contributed by atoms with Gasteiger partial charge >= 0.3 is 0 Å². The molecule has 4 aromatic rings. The Labute approximate surface area is 204 Å². The first kappa shape index (κ1) is 22.0. The molecule has 6 rings (SSSR count). The molecule has 1 atom stereocenters. The number of Topliss-reactive ketones (excluding diaryl/α,β-unsaturated/α-hetero) is 1. The molecule has 36 heavy (non-hydrogen) atoms. The fourth-order valence-corrected chi connectivity index (χ4v) is 4.84. The Morgan fingerprint density at radius 3 is 2.56 bits per heavy atom. The van der Waals surface area contributed by atoms with Crippen molar-refractivity contribution in [2.24, 2.45) is 0 Å². The summed E-state index contributed by atoms with van der Waals surface area (Å²) < 4.78 is 16.1. The number of β-lactam (4-membered cyclic amide) rings is 1. The van der Waals surface area contributed by atoms with Crippen LogP contribution in [0.1, 0.15) is 28.4 Å². The van der Waals surface area contributed by atoms with E-state index in [2.05, 4.69) is 20.3 Å². The van der Waals surface area contributed by atoms with Gasteiger partial charge in [-0.25, -0.2) is 19.1 Å². The van der Waals surface area contributed by atoms with Crippen molar-refractivity contribution in [1.82, 2.24) is 39.9 Å². The van der Waals surface area contributed by atoms with Gasteiger partial charge in [0.05, 0.1) is 47.5 Å². The predicted octanol–water partition coefficient (Wildman–Crippen LogP) is 1.50. The van der Waals surface area contributed by atoms with E-state index in [0.29, 0.717) is 19.5 Å². The largest absolute Gasteiger partial charge is 0.357 e. The second-order valence-electron chi connectivity index (χ2n) is 8.67. The number of hydrogen-bond acceptors (Lipinski definition) is 7. The van der Waals surface area contributed by atoms with Crippen LogP contribution in [0.2, 0.25) is 0 Å². The van der Waals surface area contributed by atoms with Crippen molar-refractivity contribution < 1.29 is 18.8 Å². The van der Waals surface area contributed by atoms with E-state index in [1.165, 1.54) is 28.2 Å². The SMILES string of the molecule is O=C(C(=O)N1CCN(N2C(=O)CC2c2ccccc2)CC1)c1c[nH]c2c(-n3ccnn3)ncc(F)c12. The topological polar surface area (TPSA) is 120 Å². The van der Waals surface area contributed by atoms with E-state index < -0.39 is 17.5 Å². The minimum atomic E-state index is -0.813. The van der Waals surface area contributed by atoms with E-state index in [9.17, 15) is 18.8 Å². The van der Waals surface area contributed by atoms with Crippen LogP contribution in [0.25, 0.3) is 16.7 Å². The summed E-state index contributed by atoms with van der Waals surface area (Å²) in [5.74, 6) is -1.96. The van der Waals surface area contributed by atoms with Crippen molar-refractivity contribution in [1.29, 1.82) is 0 Å². The molecule has 0 spiro atoms. The summed E-state index contributed by atoms with van der Waals surface area (Å²) in [5, 5.41) is 11.2. The minimum Gasteiger partial charge on any atom is -0.357 e. The number of halogens is 1. The lowest BCUT2D eigenvalue weighted by molar-refractivity contribution is -0.182. The molecule has 1 unspecified atom stereocenters. The number of nitrogens with zero attached hydrogens (tertiary/aromatic N) is 7. The molecular weight excluding hydrogens is 467 g/mol. The van der Waals surface area contributed by atoms with Gasteiger partial charge in [-0.2, -0.15) is 0 Å².